The van der Waals surface area contributed by atoms with E-state index in [0.717, 1.165) is 31.2 Å². The molecule has 3 aromatic rings. The Kier molecular flexibility index (Phi) is 5.25. The highest BCUT2D eigenvalue weighted by Crippen LogP contribution is 2.44. The van der Waals surface area contributed by atoms with Gasteiger partial charge in [-0.3, -0.25) is 0 Å². The number of aromatic nitrogens is 5. The molecule has 2 aromatic heterocycles. The summed E-state index contributed by atoms with van der Waals surface area (Å²) in [6.07, 6.45) is 4.85. The lowest BCUT2D eigenvalue weighted by atomic mass is 9.82. The van der Waals surface area contributed by atoms with Crippen LogP contribution in [0.5, 0.6) is 11.8 Å². The first kappa shape index (κ1) is 19.6. The number of hydrogen-bond acceptors (Lipinski definition) is 6. The van der Waals surface area contributed by atoms with Crippen molar-refractivity contribution in [1.29, 1.82) is 0 Å². The van der Waals surface area contributed by atoms with E-state index in [4.69, 9.17) is 27.9 Å². The van der Waals surface area contributed by atoms with Crippen molar-refractivity contribution in [2.24, 2.45) is 24.8 Å². The number of anilines is 1. The van der Waals surface area contributed by atoms with Crippen molar-refractivity contribution < 1.29 is 4.74 Å². The molecule has 156 valence electrons. The van der Waals surface area contributed by atoms with Crippen LogP contribution in [0.1, 0.15) is 18.7 Å². The average Bonchev–Trinajstić information content (AvgIpc) is 3.16. The van der Waals surface area contributed by atoms with Gasteiger partial charge in [-0.05, 0) is 48.8 Å². The summed E-state index contributed by atoms with van der Waals surface area (Å²) in [5.74, 6) is 4.16. The van der Waals surface area contributed by atoms with Gasteiger partial charge in [0.25, 0.3) is 0 Å². The lowest BCUT2D eigenvalue weighted by molar-refractivity contribution is 0.264. The van der Waals surface area contributed by atoms with Crippen LogP contribution in [-0.4, -0.2) is 37.8 Å². The van der Waals surface area contributed by atoms with Crippen LogP contribution in [0.4, 0.5) is 5.82 Å². The molecule has 1 saturated heterocycles. The van der Waals surface area contributed by atoms with E-state index < -0.39 is 0 Å². The van der Waals surface area contributed by atoms with Gasteiger partial charge < -0.3 is 9.64 Å². The van der Waals surface area contributed by atoms with Crippen molar-refractivity contribution in [3.63, 3.8) is 0 Å². The van der Waals surface area contributed by atoms with Gasteiger partial charge in [-0.25, -0.2) is 14.6 Å². The Morgan fingerprint density at radius 1 is 1.10 bits per heavy atom. The molecule has 0 radical (unpaired) electrons. The van der Waals surface area contributed by atoms with E-state index >= 15 is 0 Å². The first-order chi connectivity index (χ1) is 14.5. The molecule has 1 aliphatic heterocycles. The molecule has 3 heterocycles. The van der Waals surface area contributed by atoms with Crippen LogP contribution in [0.25, 0.3) is 0 Å². The molecular weight excluding hydrogens is 423 g/mol. The third-order valence-corrected chi connectivity index (χ3v) is 6.60. The van der Waals surface area contributed by atoms with Gasteiger partial charge in [-0.2, -0.15) is 10.1 Å². The second-order valence-corrected chi connectivity index (χ2v) is 8.89. The van der Waals surface area contributed by atoms with Gasteiger partial charge in [0, 0.05) is 37.6 Å². The van der Waals surface area contributed by atoms with Crippen LogP contribution in [-0.2, 0) is 13.5 Å². The highest BCUT2D eigenvalue weighted by Gasteiger charge is 2.42. The van der Waals surface area contributed by atoms with E-state index in [1.54, 1.807) is 10.7 Å². The van der Waals surface area contributed by atoms with Crippen LogP contribution in [0.15, 0.2) is 36.7 Å². The standard InChI is InChI=1S/C21H22Cl2N6O/c1-28-21(30-16-4-2-3-15(22)7-16)26-19(27-28)8-17-13-5-6-14(17)11-29(10-13)20-9-18(23)24-12-25-20/h2-4,7,9,12-14,17H,5-6,8,10-11H2,1H3. The largest absolute Gasteiger partial charge is 0.424 e. The van der Waals surface area contributed by atoms with Crippen molar-refractivity contribution in [2.45, 2.75) is 19.3 Å². The molecule has 2 unspecified atom stereocenters. The minimum absolute atomic E-state index is 0.479. The zero-order valence-corrected chi connectivity index (χ0v) is 18.1. The molecule has 0 spiro atoms. The molecule has 1 aromatic carbocycles. The summed E-state index contributed by atoms with van der Waals surface area (Å²) >= 11 is 12.1. The Balaban J connectivity index is 1.28. The van der Waals surface area contributed by atoms with Gasteiger partial charge in [0.15, 0.2) is 5.82 Å². The summed E-state index contributed by atoms with van der Waals surface area (Å²) in [5, 5.41) is 5.72. The van der Waals surface area contributed by atoms with E-state index in [1.165, 1.54) is 19.2 Å². The number of hydrogen-bond donors (Lipinski definition) is 0. The van der Waals surface area contributed by atoms with E-state index in [-0.39, 0.29) is 0 Å². The van der Waals surface area contributed by atoms with Crippen molar-refractivity contribution in [2.75, 3.05) is 18.0 Å². The average molecular weight is 445 g/mol. The van der Waals surface area contributed by atoms with Crippen LogP contribution in [0, 0.1) is 17.8 Å². The summed E-state index contributed by atoms with van der Waals surface area (Å²) in [6.45, 7) is 1.96. The Bertz CT molecular complexity index is 1040. The van der Waals surface area contributed by atoms with Crippen LogP contribution in [0.3, 0.4) is 0 Å². The Morgan fingerprint density at radius 3 is 2.63 bits per heavy atom. The fourth-order valence-corrected chi connectivity index (χ4v) is 5.12. The number of aryl methyl sites for hydroxylation is 1. The molecule has 2 fully saturated rings. The number of rotatable bonds is 5. The molecule has 1 aliphatic carbocycles. The Hall–Kier alpha value is -2.38. The molecular formula is C21H22Cl2N6O. The molecule has 5 rings (SSSR count). The SMILES string of the molecule is Cn1nc(CC2C3CCC2CN(c2cc(Cl)ncn2)C3)nc1Oc1cccc(Cl)c1. The van der Waals surface area contributed by atoms with Crippen molar-refractivity contribution >= 4 is 29.0 Å². The first-order valence-corrected chi connectivity index (χ1v) is 10.9. The van der Waals surface area contributed by atoms with Crippen LogP contribution < -0.4 is 9.64 Å². The fraction of sp³-hybridized carbons (Fsp3) is 0.429. The van der Waals surface area contributed by atoms with E-state index in [9.17, 15) is 0 Å². The molecule has 30 heavy (non-hydrogen) atoms. The van der Waals surface area contributed by atoms with E-state index in [0.29, 0.717) is 39.7 Å². The Morgan fingerprint density at radius 2 is 1.90 bits per heavy atom. The maximum absolute atomic E-state index is 6.06. The molecule has 1 saturated carbocycles. The minimum atomic E-state index is 0.479. The van der Waals surface area contributed by atoms with Gasteiger partial charge in [0.1, 0.15) is 23.0 Å². The zero-order valence-electron chi connectivity index (χ0n) is 16.6. The summed E-state index contributed by atoms with van der Waals surface area (Å²) in [5.41, 5.74) is 0. The first-order valence-electron chi connectivity index (χ1n) is 10.1. The number of piperidine rings is 1. The number of fused-ring (bicyclic) bond motifs is 2. The van der Waals surface area contributed by atoms with E-state index in [2.05, 4.69) is 25.0 Å². The minimum Gasteiger partial charge on any atom is -0.424 e. The molecule has 2 aliphatic rings. The molecule has 9 heteroatoms. The normalized spacial score (nSPS) is 23.0. The third-order valence-electron chi connectivity index (χ3n) is 6.16. The molecule has 0 amide bonds. The highest BCUT2D eigenvalue weighted by molar-refractivity contribution is 6.30. The summed E-state index contributed by atoms with van der Waals surface area (Å²) in [7, 11) is 1.85. The summed E-state index contributed by atoms with van der Waals surface area (Å²) < 4.78 is 7.58. The number of ether oxygens (including phenoxy) is 1. The lowest BCUT2D eigenvalue weighted by Gasteiger charge is -2.38. The Labute approximate surface area is 185 Å². The predicted molar refractivity (Wildman–Crippen MR) is 115 cm³/mol. The number of benzene rings is 1. The third kappa shape index (κ3) is 3.96. The van der Waals surface area contributed by atoms with Gasteiger partial charge in [0.2, 0.25) is 0 Å². The van der Waals surface area contributed by atoms with E-state index in [1.807, 2.05) is 31.3 Å². The summed E-state index contributed by atoms with van der Waals surface area (Å²) in [4.78, 5) is 15.4. The van der Waals surface area contributed by atoms with Crippen molar-refractivity contribution in [3.8, 4) is 11.8 Å². The van der Waals surface area contributed by atoms with Crippen LogP contribution >= 0.6 is 23.2 Å². The van der Waals surface area contributed by atoms with Crippen molar-refractivity contribution in [3.05, 3.63) is 52.7 Å². The van der Waals surface area contributed by atoms with Crippen molar-refractivity contribution in [1.82, 2.24) is 24.7 Å². The monoisotopic (exact) mass is 444 g/mol. The highest BCUT2D eigenvalue weighted by atomic mass is 35.5. The lowest BCUT2D eigenvalue weighted by Crippen LogP contribution is -2.43. The molecule has 7 nitrogen and oxygen atoms in total. The summed E-state index contributed by atoms with van der Waals surface area (Å²) in [6, 6.07) is 9.62. The second-order valence-electron chi connectivity index (χ2n) is 8.06. The van der Waals surface area contributed by atoms with Gasteiger partial charge in [-0.15, -0.1) is 0 Å². The molecule has 2 bridgehead atoms. The maximum Gasteiger partial charge on any atom is 0.320 e. The fourth-order valence-electron chi connectivity index (χ4n) is 4.80. The zero-order chi connectivity index (χ0) is 20.7. The quantitative estimate of drug-likeness (QED) is 0.542. The number of halogens is 2. The molecule has 0 N–H and O–H groups in total. The van der Waals surface area contributed by atoms with Gasteiger partial charge >= 0.3 is 6.01 Å². The smallest absolute Gasteiger partial charge is 0.320 e. The molecule has 2 atom stereocenters. The van der Waals surface area contributed by atoms with Gasteiger partial charge in [-0.1, -0.05) is 29.3 Å². The van der Waals surface area contributed by atoms with Gasteiger partial charge in [0.05, 0.1) is 0 Å². The maximum atomic E-state index is 6.06. The predicted octanol–water partition coefficient (Wildman–Crippen LogP) is 4.41. The second kappa shape index (κ2) is 8.04. The van der Waals surface area contributed by atoms with Crippen LogP contribution in [0.2, 0.25) is 10.2 Å². The topological polar surface area (TPSA) is 69.0 Å². The number of nitrogens with zero attached hydrogens (tertiary/aromatic N) is 6.